The Balaban J connectivity index is 2.53. The molecule has 0 aliphatic heterocycles. The smallest absolute Gasteiger partial charge is 0.422 e. The third-order valence-electron chi connectivity index (χ3n) is 2.14. The molecule has 0 saturated heterocycles. The van der Waals surface area contributed by atoms with Crippen molar-refractivity contribution in [1.82, 2.24) is 10.9 Å². The van der Waals surface area contributed by atoms with E-state index in [0.717, 1.165) is 20.3 Å². The number of hydrogen-bond donors (Lipinski definition) is 2. The number of carbonyl (C=O) groups excluding carboxylic acids is 1. The molecule has 1 aromatic carbocycles. The zero-order chi connectivity index (χ0) is 15.3. The SMILES string of the molecule is COc1c(Br)cc(CNNC(=O)OC(C)(C)C)cc1Br. The minimum Gasteiger partial charge on any atom is -0.494 e. The van der Waals surface area contributed by atoms with Crippen LogP contribution in [0.15, 0.2) is 21.1 Å². The highest BCUT2D eigenvalue weighted by atomic mass is 79.9. The van der Waals surface area contributed by atoms with Gasteiger partial charge in [-0.2, -0.15) is 0 Å². The van der Waals surface area contributed by atoms with Crippen molar-refractivity contribution >= 4 is 38.0 Å². The second-order valence-corrected chi connectivity index (χ2v) is 6.78. The fraction of sp³-hybridized carbons (Fsp3) is 0.462. The van der Waals surface area contributed by atoms with E-state index in [2.05, 4.69) is 42.7 Å². The average molecular weight is 410 g/mol. The van der Waals surface area contributed by atoms with Gasteiger partial charge in [-0.1, -0.05) is 0 Å². The first-order chi connectivity index (χ1) is 9.23. The number of carbonyl (C=O) groups is 1. The summed E-state index contributed by atoms with van der Waals surface area (Å²) in [5.41, 5.74) is 5.75. The Hall–Kier alpha value is -0.790. The molecule has 112 valence electrons. The quantitative estimate of drug-likeness (QED) is 0.743. The third-order valence-corrected chi connectivity index (χ3v) is 3.32. The largest absolute Gasteiger partial charge is 0.494 e. The normalized spacial score (nSPS) is 11.1. The Morgan fingerprint density at radius 2 is 1.80 bits per heavy atom. The molecule has 1 aromatic rings. The molecule has 0 saturated carbocycles. The van der Waals surface area contributed by atoms with Crippen molar-refractivity contribution in [2.75, 3.05) is 7.11 Å². The van der Waals surface area contributed by atoms with Crippen LogP contribution in [0.25, 0.3) is 0 Å². The Kier molecular flexibility index (Phi) is 6.29. The molecular formula is C13H18Br2N2O3. The van der Waals surface area contributed by atoms with E-state index in [1.54, 1.807) is 7.11 Å². The standard InChI is InChI=1S/C13H18Br2N2O3/c1-13(2,3)20-12(18)17-16-7-8-5-9(14)11(19-4)10(15)6-8/h5-6,16H,7H2,1-4H3,(H,17,18). The van der Waals surface area contributed by atoms with Crippen LogP contribution >= 0.6 is 31.9 Å². The molecule has 0 spiro atoms. The van der Waals surface area contributed by atoms with Gasteiger partial charge in [0, 0.05) is 6.54 Å². The van der Waals surface area contributed by atoms with Crippen LogP contribution in [-0.4, -0.2) is 18.8 Å². The lowest BCUT2D eigenvalue weighted by atomic mass is 10.2. The lowest BCUT2D eigenvalue weighted by Gasteiger charge is -2.19. The molecule has 0 unspecified atom stereocenters. The average Bonchev–Trinajstić information content (AvgIpc) is 2.26. The zero-order valence-electron chi connectivity index (χ0n) is 11.8. The number of benzene rings is 1. The number of rotatable bonds is 4. The lowest BCUT2D eigenvalue weighted by Crippen LogP contribution is -2.40. The number of hydrogen-bond acceptors (Lipinski definition) is 4. The van der Waals surface area contributed by atoms with Crippen LogP contribution in [-0.2, 0) is 11.3 Å². The van der Waals surface area contributed by atoms with Crippen LogP contribution in [0.1, 0.15) is 26.3 Å². The predicted octanol–water partition coefficient (Wildman–Crippen LogP) is 3.75. The number of halogens is 2. The van der Waals surface area contributed by atoms with Crippen molar-refractivity contribution in [1.29, 1.82) is 0 Å². The van der Waals surface area contributed by atoms with Crippen molar-refractivity contribution in [3.63, 3.8) is 0 Å². The fourth-order valence-electron chi connectivity index (χ4n) is 1.43. The summed E-state index contributed by atoms with van der Waals surface area (Å²) in [6, 6.07) is 3.82. The lowest BCUT2D eigenvalue weighted by molar-refractivity contribution is 0.0497. The van der Waals surface area contributed by atoms with Crippen LogP contribution in [0.5, 0.6) is 5.75 Å². The number of hydrazine groups is 1. The molecular weight excluding hydrogens is 392 g/mol. The van der Waals surface area contributed by atoms with Gasteiger partial charge in [-0.05, 0) is 70.3 Å². The molecule has 0 fully saturated rings. The Morgan fingerprint density at radius 3 is 2.25 bits per heavy atom. The highest BCUT2D eigenvalue weighted by Crippen LogP contribution is 2.34. The zero-order valence-corrected chi connectivity index (χ0v) is 15.0. The molecule has 1 amide bonds. The highest BCUT2D eigenvalue weighted by Gasteiger charge is 2.15. The van der Waals surface area contributed by atoms with Crippen LogP contribution in [0.3, 0.4) is 0 Å². The molecule has 0 bridgehead atoms. The van der Waals surface area contributed by atoms with E-state index >= 15 is 0 Å². The molecule has 0 aliphatic rings. The summed E-state index contributed by atoms with van der Waals surface area (Å²) in [5, 5.41) is 0. The molecule has 0 atom stereocenters. The number of methoxy groups -OCH3 is 1. The van der Waals surface area contributed by atoms with Gasteiger partial charge in [0.15, 0.2) is 0 Å². The Morgan fingerprint density at radius 1 is 1.25 bits per heavy atom. The van der Waals surface area contributed by atoms with Gasteiger partial charge in [0.1, 0.15) is 11.4 Å². The monoisotopic (exact) mass is 408 g/mol. The molecule has 20 heavy (non-hydrogen) atoms. The molecule has 5 nitrogen and oxygen atoms in total. The summed E-state index contributed by atoms with van der Waals surface area (Å²) in [5.74, 6) is 0.730. The summed E-state index contributed by atoms with van der Waals surface area (Å²) in [4.78, 5) is 11.4. The molecule has 2 N–H and O–H groups in total. The molecule has 7 heteroatoms. The Bertz CT molecular complexity index is 464. The van der Waals surface area contributed by atoms with Gasteiger partial charge < -0.3 is 9.47 Å². The van der Waals surface area contributed by atoms with Crippen molar-refractivity contribution in [3.05, 3.63) is 26.6 Å². The van der Waals surface area contributed by atoms with E-state index in [9.17, 15) is 4.79 Å². The number of nitrogens with one attached hydrogen (secondary N) is 2. The van der Waals surface area contributed by atoms with Crippen LogP contribution in [0.2, 0.25) is 0 Å². The number of ether oxygens (including phenoxy) is 2. The van der Waals surface area contributed by atoms with Gasteiger partial charge in [0.25, 0.3) is 0 Å². The summed E-state index contributed by atoms with van der Waals surface area (Å²) < 4.78 is 12.0. The number of amides is 1. The van der Waals surface area contributed by atoms with E-state index in [-0.39, 0.29) is 0 Å². The Labute approximate surface area is 135 Å². The van der Waals surface area contributed by atoms with Gasteiger partial charge >= 0.3 is 6.09 Å². The molecule has 0 heterocycles. The van der Waals surface area contributed by atoms with Gasteiger partial charge in [0.05, 0.1) is 16.1 Å². The van der Waals surface area contributed by atoms with E-state index in [1.807, 2.05) is 32.9 Å². The first-order valence-corrected chi connectivity index (χ1v) is 7.55. The van der Waals surface area contributed by atoms with Gasteiger partial charge in [0.2, 0.25) is 0 Å². The summed E-state index contributed by atoms with van der Waals surface area (Å²) >= 11 is 6.85. The first kappa shape index (κ1) is 17.3. The highest BCUT2D eigenvalue weighted by molar-refractivity contribution is 9.11. The van der Waals surface area contributed by atoms with Crippen LogP contribution in [0.4, 0.5) is 4.79 Å². The van der Waals surface area contributed by atoms with Crippen molar-refractivity contribution in [2.45, 2.75) is 32.9 Å². The minimum absolute atomic E-state index is 0.459. The summed E-state index contributed by atoms with van der Waals surface area (Å²) in [6.45, 7) is 5.89. The molecule has 0 aliphatic carbocycles. The maximum atomic E-state index is 11.4. The maximum absolute atomic E-state index is 11.4. The van der Waals surface area contributed by atoms with Crippen molar-refractivity contribution in [3.8, 4) is 5.75 Å². The van der Waals surface area contributed by atoms with E-state index in [4.69, 9.17) is 9.47 Å². The second kappa shape index (κ2) is 7.28. The van der Waals surface area contributed by atoms with E-state index < -0.39 is 11.7 Å². The maximum Gasteiger partial charge on any atom is 0.422 e. The van der Waals surface area contributed by atoms with Gasteiger partial charge in [-0.15, -0.1) is 0 Å². The van der Waals surface area contributed by atoms with Crippen molar-refractivity contribution < 1.29 is 14.3 Å². The molecule has 0 radical (unpaired) electrons. The predicted molar refractivity (Wildman–Crippen MR) is 84.6 cm³/mol. The topological polar surface area (TPSA) is 59.6 Å². The summed E-state index contributed by atoms with van der Waals surface area (Å²) in [7, 11) is 1.60. The molecule has 1 rings (SSSR count). The fourth-order valence-corrected chi connectivity index (χ4v) is 3.04. The van der Waals surface area contributed by atoms with Gasteiger partial charge in [-0.25, -0.2) is 10.2 Å². The van der Waals surface area contributed by atoms with Crippen LogP contribution in [0, 0.1) is 0 Å². The van der Waals surface area contributed by atoms with E-state index in [1.165, 1.54) is 0 Å². The van der Waals surface area contributed by atoms with E-state index in [0.29, 0.717) is 6.54 Å². The first-order valence-electron chi connectivity index (χ1n) is 5.96. The molecule has 0 aromatic heterocycles. The van der Waals surface area contributed by atoms with Gasteiger partial charge in [-0.3, -0.25) is 5.43 Å². The summed E-state index contributed by atoms with van der Waals surface area (Å²) in [6.07, 6.45) is -0.510. The third kappa shape index (κ3) is 5.68. The van der Waals surface area contributed by atoms with Crippen LogP contribution < -0.4 is 15.6 Å². The second-order valence-electron chi connectivity index (χ2n) is 5.07. The minimum atomic E-state index is -0.516. The van der Waals surface area contributed by atoms with Crippen molar-refractivity contribution in [2.24, 2.45) is 0 Å².